The monoisotopic (exact) mass is 308 g/mol. The number of nitrogens with zero attached hydrogens (tertiary/aromatic N) is 2. The van der Waals surface area contributed by atoms with E-state index in [4.69, 9.17) is 10.5 Å². The molecule has 110 valence electrons. The van der Waals surface area contributed by atoms with Gasteiger partial charge in [0.2, 0.25) is 0 Å². The van der Waals surface area contributed by atoms with E-state index in [-0.39, 0.29) is 11.1 Å². The molecule has 0 N–H and O–H groups in total. The molecular formula is C15H5F5N2. The number of nitriles is 2. The number of halogens is 5. The van der Waals surface area contributed by atoms with Crippen molar-refractivity contribution in [3.63, 3.8) is 0 Å². The summed E-state index contributed by atoms with van der Waals surface area (Å²) in [6.45, 7) is 0. The summed E-state index contributed by atoms with van der Waals surface area (Å²) >= 11 is 0. The van der Waals surface area contributed by atoms with Crippen molar-refractivity contribution in [1.29, 1.82) is 10.5 Å². The molecule has 0 heterocycles. The van der Waals surface area contributed by atoms with Crippen LogP contribution in [0.1, 0.15) is 16.7 Å². The van der Waals surface area contributed by atoms with E-state index in [2.05, 4.69) is 0 Å². The molecule has 0 aliphatic rings. The molecule has 0 atom stereocenters. The van der Waals surface area contributed by atoms with Gasteiger partial charge in [0.15, 0.2) is 0 Å². The van der Waals surface area contributed by atoms with Crippen molar-refractivity contribution in [3.05, 3.63) is 58.7 Å². The molecule has 0 amide bonds. The fourth-order valence-corrected chi connectivity index (χ4v) is 1.96. The molecule has 0 fully saturated rings. The molecule has 0 bridgehead atoms. The predicted octanol–water partition coefficient (Wildman–Crippen LogP) is 4.39. The zero-order valence-corrected chi connectivity index (χ0v) is 10.7. The maximum atomic E-state index is 13.9. The van der Waals surface area contributed by atoms with Crippen LogP contribution in [0.3, 0.4) is 0 Å². The highest BCUT2D eigenvalue weighted by Crippen LogP contribution is 2.39. The van der Waals surface area contributed by atoms with Crippen molar-refractivity contribution < 1.29 is 22.0 Å². The fraction of sp³-hybridized carbons (Fsp3) is 0.0667. The molecule has 0 aromatic heterocycles. The third-order valence-electron chi connectivity index (χ3n) is 2.89. The highest BCUT2D eigenvalue weighted by atomic mass is 19.4. The van der Waals surface area contributed by atoms with Gasteiger partial charge in [0.25, 0.3) is 0 Å². The third kappa shape index (κ3) is 2.75. The van der Waals surface area contributed by atoms with E-state index in [1.807, 2.05) is 0 Å². The van der Waals surface area contributed by atoms with Gasteiger partial charge in [-0.3, -0.25) is 0 Å². The zero-order valence-electron chi connectivity index (χ0n) is 10.7. The third-order valence-corrected chi connectivity index (χ3v) is 2.89. The minimum atomic E-state index is -4.89. The van der Waals surface area contributed by atoms with Crippen molar-refractivity contribution in [3.8, 4) is 23.3 Å². The maximum Gasteiger partial charge on any atom is 0.417 e. The summed E-state index contributed by atoms with van der Waals surface area (Å²) in [5, 5.41) is 17.3. The van der Waals surface area contributed by atoms with E-state index in [1.165, 1.54) is 12.1 Å². The van der Waals surface area contributed by atoms with E-state index in [1.54, 1.807) is 0 Å². The van der Waals surface area contributed by atoms with Crippen LogP contribution in [-0.2, 0) is 6.18 Å². The lowest BCUT2D eigenvalue weighted by Gasteiger charge is -2.14. The minimum Gasteiger partial charge on any atom is -0.206 e. The Morgan fingerprint density at radius 1 is 0.818 bits per heavy atom. The molecule has 0 saturated heterocycles. The van der Waals surface area contributed by atoms with Gasteiger partial charge >= 0.3 is 6.18 Å². The first-order valence-corrected chi connectivity index (χ1v) is 5.78. The number of alkyl halides is 3. The second kappa shape index (κ2) is 5.45. The van der Waals surface area contributed by atoms with Gasteiger partial charge in [-0.1, -0.05) is 6.07 Å². The van der Waals surface area contributed by atoms with Gasteiger partial charge in [-0.05, 0) is 29.8 Å². The van der Waals surface area contributed by atoms with Gasteiger partial charge in [-0.2, -0.15) is 23.7 Å². The second-order valence-corrected chi connectivity index (χ2v) is 4.30. The van der Waals surface area contributed by atoms with Crippen molar-refractivity contribution in [1.82, 2.24) is 0 Å². The Hall–Kier alpha value is -2.93. The van der Waals surface area contributed by atoms with Crippen LogP contribution in [0.4, 0.5) is 22.0 Å². The molecule has 0 saturated carbocycles. The van der Waals surface area contributed by atoms with E-state index < -0.39 is 34.5 Å². The molecule has 22 heavy (non-hydrogen) atoms. The van der Waals surface area contributed by atoms with Crippen molar-refractivity contribution in [2.75, 3.05) is 0 Å². The van der Waals surface area contributed by atoms with Crippen LogP contribution < -0.4 is 0 Å². The van der Waals surface area contributed by atoms with E-state index in [9.17, 15) is 22.0 Å². The van der Waals surface area contributed by atoms with Crippen LogP contribution in [0, 0.1) is 34.3 Å². The molecule has 2 aromatic rings. The zero-order chi connectivity index (χ0) is 16.5. The molecule has 2 rings (SSSR count). The van der Waals surface area contributed by atoms with Gasteiger partial charge in [-0.25, -0.2) is 8.78 Å². The first kappa shape index (κ1) is 15.5. The Kier molecular flexibility index (Phi) is 3.83. The lowest BCUT2D eigenvalue weighted by Crippen LogP contribution is -2.09. The summed E-state index contributed by atoms with van der Waals surface area (Å²) in [6, 6.07) is 6.72. The molecule has 7 heteroatoms. The van der Waals surface area contributed by atoms with Crippen LogP contribution in [-0.4, -0.2) is 0 Å². The van der Waals surface area contributed by atoms with Crippen LogP contribution in [0.25, 0.3) is 11.1 Å². The van der Waals surface area contributed by atoms with Crippen LogP contribution in [0.5, 0.6) is 0 Å². The normalized spacial score (nSPS) is 10.9. The second-order valence-electron chi connectivity index (χ2n) is 4.30. The topological polar surface area (TPSA) is 47.6 Å². The molecule has 2 nitrogen and oxygen atoms in total. The summed E-state index contributed by atoms with van der Waals surface area (Å²) in [6.07, 6.45) is -4.89. The molecule has 0 unspecified atom stereocenters. The summed E-state index contributed by atoms with van der Waals surface area (Å²) < 4.78 is 67.0. The lowest BCUT2D eigenvalue weighted by molar-refractivity contribution is -0.137. The summed E-state index contributed by atoms with van der Waals surface area (Å²) in [4.78, 5) is 0. The van der Waals surface area contributed by atoms with E-state index in [0.717, 1.165) is 12.1 Å². The maximum absolute atomic E-state index is 13.9. The SMILES string of the molecule is N#Cc1cc(F)c(-c2ccc(C#N)cc2C(F)(F)F)c(F)c1. The molecule has 2 aromatic carbocycles. The standard InChI is InChI=1S/C15H5F5N2/c16-12-4-9(7-22)5-13(17)14(12)10-2-1-8(6-21)3-11(10)15(18,19)20/h1-5H. The van der Waals surface area contributed by atoms with Gasteiger partial charge < -0.3 is 0 Å². The van der Waals surface area contributed by atoms with E-state index in [0.29, 0.717) is 18.2 Å². The number of hydrogen-bond donors (Lipinski definition) is 0. The summed E-state index contributed by atoms with van der Waals surface area (Å²) in [5.74, 6) is -2.57. The van der Waals surface area contributed by atoms with Crippen LogP contribution in [0.15, 0.2) is 30.3 Å². The Labute approximate surface area is 121 Å². The minimum absolute atomic E-state index is 0.287. The largest absolute Gasteiger partial charge is 0.417 e. The lowest BCUT2D eigenvalue weighted by atomic mass is 9.95. The van der Waals surface area contributed by atoms with Crippen LogP contribution in [0.2, 0.25) is 0 Å². The molecule has 0 aliphatic heterocycles. The van der Waals surface area contributed by atoms with Gasteiger partial charge in [0.1, 0.15) is 11.6 Å². The average molecular weight is 308 g/mol. The molecule has 0 radical (unpaired) electrons. The first-order chi connectivity index (χ1) is 10.3. The number of benzene rings is 2. The molecular weight excluding hydrogens is 303 g/mol. The first-order valence-electron chi connectivity index (χ1n) is 5.78. The van der Waals surface area contributed by atoms with Gasteiger partial charge in [0.05, 0.1) is 34.4 Å². The molecule has 0 spiro atoms. The van der Waals surface area contributed by atoms with Crippen molar-refractivity contribution >= 4 is 0 Å². The highest BCUT2D eigenvalue weighted by Gasteiger charge is 2.35. The number of rotatable bonds is 1. The predicted molar refractivity (Wildman–Crippen MR) is 66.2 cm³/mol. The Bertz CT molecular complexity index is 802. The smallest absolute Gasteiger partial charge is 0.206 e. The average Bonchev–Trinajstić information content (AvgIpc) is 2.45. The summed E-state index contributed by atoms with van der Waals surface area (Å²) in [7, 11) is 0. The van der Waals surface area contributed by atoms with Crippen molar-refractivity contribution in [2.45, 2.75) is 6.18 Å². The quantitative estimate of drug-likeness (QED) is 0.733. The van der Waals surface area contributed by atoms with Gasteiger partial charge in [-0.15, -0.1) is 0 Å². The Morgan fingerprint density at radius 2 is 1.36 bits per heavy atom. The molecule has 0 aliphatic carbocycles. The van der Waals surface area contributed by atoms with Crippen LogP contribution >= 0.6 is 0 Å². The Morgan fingerprint density at radius 3 is 1.82 bits per heavy atom. The summed E-state index contributed by atoms with van der Waals surface area (Å²) in [5.41, 5.74) is -3.58. The Balaban J connectivity index is 2.80. The van der Waals surface area contributed by atoms with E-state index >= 15 is 0 Å². The van der Waals surface area contributed by atoms with Crippen molar-refractivity contribution in [2.24, 2.45) is 0 Å². The fourth-order valence-electron chi connectivity index (χ4n) is 1.96. The van der Waals surface area contributed by atoms with Gasteiger partial charge in [0, 0.05) is 0 Å². The highest BCUT2D eigenvalue weighted by molar-refractivity contribution is 5.71. The number of hydrogen-bond acceptors (Lipinski definition) is 2.